The summed E-state index contributed by atoms with van der Waals surface area (Å²) >= 11 is 0. The quantitative estimate of drug-likeness (QED) is 0.270. The summed E-state index contributed by atoms with van der Waals surface area (Å²) in [5.41, 5.74) is 0. The zero-order valence-electron chi connectivity index (χ0n) is 5.83. The molecular weight excluding hydrogens is 163 g/mol. The van der Waals surface area contributed by atoms with Crippen LogP contribution in [-0.4, -0.2) is 13.0 Å². The van der Waals surface area contributed by atoms with Crippen LogP contribution in [0.15, 0.2) is 24.1 Å². The molecule has 0 radical (unpaired) electrons. The van der Waals surface area contributed by atoms with Crippen molar-refractivity contribution in [2.45, 2.75) is 6.42 Å². The molecule has 0 N–H and O–H groups in total. The smallest absolute Gasteiger partial charge is 0.744 e. The zero-order chi connectivity index (χ0) is 7.49. The maximum absolute atomic E-state index is 10.0. The van der Waals surface area contributed by atoms with Crippen molar-refractivity contribution in [3.8, 4) is 0 Å². The minimum Gasteiger partial charge on any atom is -0.744 e. The molecule has 0 aliphatic rings. The summed E-state index contributed by atoms with van der Waals surface area (Å²) < 4.78 is 30.1. The molecule has 0 spiro atoms. The van der Waals surface area contributed by atoms with E-state index < -0.39 is 10.1 Å². The first-order chi connectivity index (χ1) is 3.98. The summed E-state index contributed by atoms with van der Waals surface area (Å²) in [5.74, 6) is 0. The molecule has 0 aliphatic carbocycles. The van der Waals surface area contributed by atoms with E-state index in [1.54, 1.807) is 0 Å². The molecule has 52 valence electrons. The van der Waals surface area contributed by atoms with Crippen molar-refractivity contribution in [3.63, 3.8) is 0 Å². The summed E-state index contributed by atoms with van der Waals surface area (Å²) in [6.45, 7) is 6.29. The van der Waals surface area contributed by atoms with Crippen molar-refractivity contribution in [2.75, 3.05) is 0 Å². The Bertz CT molecular complexity index is 217. The van der Waals surface area contributed by atoms with Crippen LogP contribution in [0.1, 0.15) is 6.42 Å². The van der Waals surface area contributed by atoms with Crippen LogP contribution >= 0.6 is 0 Å². The van der Waals surface area contributed by atoms with Gasteiger partial charge >= 0.3 is 29.6 Å². The third-order valence-electron chi connectivity index (χ3n) is 0.726. The van der Waals surface area contributed by atoms with Crippen LogP contribution in [0.25, 0.3) is 0 Å². The van der Waals surface area contributed by atoms with E-state index in [1.165, 1.54) is 6.08 Å². The predicted octanol–water partition coefficient (Wildman–Crippen LogP) is -2.37. The van der Waals surface area contributed by atoms with Gasteiger partial charge in [0.1, 0.15) is 10.1 Å². The van der Waals surface area contributed by atoms with Crippen LogP contribution < -0.4 is 29.6 Å². The third-order valence-corrected chi connectivity index (χ3v) is 1.60. The molecule has 5 heteroatoms. The van der Waals surface area contributed by atoms with E-state index in [-0.39, 0.29) is 40.9 Å². The van der Waals surface area contributed by atoms with Gasteiger partial charge in [-0.1, -0.05) is 12.7 Å². The van der Waals surface area contributed by atoms with Crippen LogP contribution in [0.5, 0.6) is 0 Å². The second-order valence-corrected chi connectivity index (χ2v) is 2.97. The van der Waals surface area contributed by atoms with Gasteiger partial charge in [0, 0.05) is 4.91 Å². The molecule has 0 saturated carbocycles. The molecule has 0 aromatic carbocycles. The minimum absolute atomic E-state index is 0. The van der Waals surface area contributed by atoms with E-state index in [2.05, 4.69) is 13.2 Å². The van der Waals surface area contributed by atoms with Crippen molar-refractivity contribution in [2.24, 2.45) is 0 Å². The second-order valence-electron chi connectivity index (χ2n) is 1.49. The van der Waals surface area contributed by atoms with Gasteiger partial charge in [0.2, 0.25) is 0 Å². The van der Waals surface area contributed by atoms with Gasteiger partial charge in [-0.3, -0.25) is 0 Å². The third kappa shape index (κ3) is 5.20. The molecule has 0 fully saturated rings. The topological polar surface area (TPSA) is 57.2 Å². The van der Waals surface area contributed by atoms with Gasteiger partial charge in [-0.05, 0) is 6.42 Å². The molecule has 0 rings (SSSR count). The Morgan fingerprint density at radius 1 is 1.60 bits per heavy atom. The van der Waals surface area contributed by atoms with Crippen molar-refractivity contribution in [1.82, 2.24) is 0 Å². The van der Waals surface area contributed by atoms with Crippen LogP contribution in [0, 0.1) is 0 Å². The Morgan fingerprint density at radius 2 is 2.00 bits per heavy atom. The number of hydrogen-bond acceptors (Lipinski definition) is 3. The van der Waals surface area contributed by atoms with Gasteiger partial charge in [0.25, 0.3) is 0 Å². The minimum atomic E-state index is -4.28. The molecular formula is C5H7NaO3S. The van der Waals surface area contributed by atoms with Gasteiger partial charge < -0.3 is 4.55 Å². The molecule has 0 aliphatic heterocycles. The Morgan fingerprint density at radius 3 is 2.10 bits per heavy atom. The zero-order valence-corrected chi connectivity index (χ0v) is 8.65. The first-order valence-corrected chi connectivity index (χ1v) is 3.64. The van der Waals surface area contributed by atoms with Crippen LogP contribution in [0.4, 0.5) is 0 Å². The molecule has 0 aromatic rings. The molecule has 0 bridgehead atoms. The van der Waals surface area contributed by atoms with Crippen LogP contribution in [-0.2, 0) is 10.1 Å². The summed E-state index contributed by atoms with van der Waals surface area (Å²) in [4.78, 5) is -0.336. The maximum Gasteiger partial charge on any atom is 1.00 e. The summed E-state index contributed by atoms with van der Waals surface area (Å²) in [6.07, 6.45) is 1.35. The summed E-state index contributed by atoms with van der Waals surface area (Å²) in [7, 11) is -4.28. The normalized spacial score (nSPS) is 9.70. The Labute approximate surface area is 82.9 Å². The average molecular weight is 170 g/mol. The molecule has 10 heavy (non-hydrogen) atoms. The van der Waals surface area contributed by atoms with E-state index in [1.807, 2.05) is 0 Å². The first-order valence-electron chi connectivity index (χ1n) is 2.23. The number of hydrogen-bond donors (Lipinski definition) is 0. The Hall–Kier alpha value is 0.390. The molecule has 0 atom stereocenters. The standard InChI is InChI=1S/C5H8O3S.Na/c1-3-4-5(2)9(6,7)8;/h3H,1-2,4H2,(H,6,7,8);/q;+1/p-1. The van der Waals surface area contributed by atoms with Gasteiger partial charge in [-0.25, -0.2) is 8.42 Å². The molecule has 0 aromatic heterocycles. The van der Waals surface area contributed by atoms with Gasteiger partial charge in [0.15, 0.2) is 0 Å². The number of rotatable bonds is 3. The molecule has 0 unspecified atom stereocenters. The largest absolute Gasteiger partial charge is 1.00 e. The SMILES string of the molecule is C=CCC(=C)S(=O)(=O)[O-].[Na+]. The van der Waals surface area contributed by atoms with Crippen molar-refractivity contribution in [3.05, 3.63) is 24.1 Å². The number of allylic oxidation sites excluding steroid dienone is 2. The molecule has 0 heterocycles. The van der Waals surface area contributed by atoms with Crippen LogP contribution in [0.3, 0.4) is 0 Å². The predicted molar refractivity (Wildman–Crippen MR) is 33.7 cm³/mol. The molecule has 3 nitrogen and oxygen atoms in total. The van der Waals surface area contributed by atoms with E-state index in [0.29, 0.717) is 0 Å². The van der Waals surface area contributed by atoms with Crippen molar-refractivity contribution in [1.29, 1.82) is 0 Å². The maximum atomic E-state index is 10.0. The fraction of sp³-hybridized carbons (Fsp3) is 0.200. The fourth-order valence-electron chi connectivity index (χ4n) is 0.263. The Kier molecular flexibility index (Phi) is 6.63. The van der Waals surface area contributed by atoms with Crippen LogP contribution in [0.2, 0.25) is 0 Å². The fourth-order valence-corrected chi connectivity index (χ4v) is 0.585. The monoisotopic (exact) mass is 170 g/mol. The van der Waals surface area contributed by atoms with Crippen molar-refractivity contribution >= 4 is 10.1 Å². The van der Waals surface area contributed by atoms with Gasteiger partial charge in [0.05, 0.1) is 0 Å². The Balaban J connectivity index is 0. The van der Waals surface area contributed by atoms with E-state index >= 15 is 0 Å². The summed E-state index contributed by atoms with van der Waals surface area (Å²) in [6, 6.07) is 0. The summed E-state index contributed by atoms with van der Waals surface area (Å²) in [5, 5.41) is 0. The first kappa shape index (κ1) is 13.0. The molecule has 0 amide bonds. The van der Waals surface area contributed by atoms with E-state index in [4.69, 9.17) is 0 Å². The molecule has 0 saturated heterocycles. The van der Waals surface area contributed by atoms with Gasteiger partial charge in [-0.2, -0.15) is 0 Å². The second kappa shape index (κ2) is 5.09. The average Bonchev–Trinajstić information content (AvgIpc) is 1.64. The van der Waals surface area contributed by atoms with E-state index in [9.17, 15) is 13.0 Å². The van der Waals surface area contributed by atoms with Crippen molar-refractivity contribution < 1.29 is 42.5 Å². The van der Waals surface area contributed by atoms with Gasteiger partial charge in [-0.15, -0.1) is 6.58 Å². The van der Waals surface area contributed by atoms with E-state index in [0.717, 1.165) is 0 Å².